The van der Waals surface area contributed by atoms with Gasteiger partial charge in [-0.25, -0.2) is 0 Å². The van der Waals surface area contributed by atoms with E-state index in [1.54, 1.807) is 0 Å². The third kappa shape index (κ3) is 2.90. The zero-order chi connectivity index (χ0) is 12.4. The second kappa shape index (κ2) is 5.49. The van der Waals surface area contributed by atoms with Gasteiger partial charge in [0.2, 0.25) is 0 Å². The van der Waals surface area contributed by atoms with Crippen molar-refractivity contribution >= 4 is 22.6 Å². The first-order chi connectivity index (χ1) is 8.76. The fourth-order valence-corrected chi connectivity index (χ4v) is 4.02. The van der Waals surface area contributed by atoms with Crippen LogP contribution >= 0.6 is 22.6 Å². The van der Waals surface area contributed by atoms with Crippen LogP contribution in [-0.2, 0) is 6.54 Å². The molecule has 0 amide bonds. The summed E-state index contributed by atoms with van der Waals surface area (Å²) in [4.78, 5) is 2.64. The monoisotopic (exact) mass is 355 g/mol. The molecule has 1 nitrogen and oxygen atoms in total. The van der Waals surface area contributed by atoms with Gasteiger partial charge >= 0.3 is 0 Å². The number of nitrogens with zero attached hydrogens (tertiary/aromatic N) is 1. The van der Waals surface area contributed by atoms with E-state index in [1.807, 2.05) is 0 Å². The van der Waals surface area contributed by atoms with Crippen LogP contribution < -0.4 is 0 Å². The lowest BCUT2D eigenvalue weighted by molar-refractivity contribution is 0.103. The molecule has 1 spiro atoms. The third-order valence-corrected chi connectivity index (χ3v) is 5.62. The van der Waals surface area contributed by atoms with Crippen molar-refractivity contribution in [3.05, 3.63) is 33.4 Å². The van der Waals surface area contributed by atoms with Crippen LogP contribution in [0.2, 0.25) is 0 Å². The summed E-state index contributed by atoms with van der Waals surface area (Å²) in [6, 6.07) is 9.00. The first kappa shape index (κ1) is 12.9. The Morgan fingerprint density at radius 2 is 1.56 bits per heavy atom. The van der Waals surface area contributed by atoms with E-state index >= 15 is 0 Å². The molecule has 0 radical (unpaired) electrons. The SMILES string of the molecule is Ic1ccc(CN2CCC3(CCCC3)CC2)cc1. The maximum Gasteiger partial charge on any atom is 0.0233 e. The molecule has 2 heteroatoms. The Hall–Kier alpha value is -0.0900. The second-order valence-electron chi connectivity index (χ2n) is 6.11. The number of benzene rings is 1. The van der Waals surface area contributed by atoms with Gasteiger partial charge in [-0.3, -0.25) is 4.90 Å². The maximum absolute atomic E-state index is 2.64. The molecule has 1 aliphatic heterocycles. The molecule has 98 valence electrons. The number of hydrogen-bond donors (Lipinski definition) is 0. The Bertz CT molecular complexity index is 382. The number of hydrogen-bond acceptors (Lipinski definition) is 1. The number of halogens is 1. The van der Waals surface area contributed by atoms with E-state index in [1.165, 1.54) is 60.7 Å². The highest BCUT2D eigenvalue weighted by Gasteiger charge is 2.36. The van der Waals surface area contributed by atoms with Crippen LogP contribution in [-0.4, -0.2) is 18.0 Å². The molecule has 0 aromatic heterocycles. The van der Waals surface area contributed by atoms with Gasteiger partial charge < -0.3 is 0 Å². The molecule has 18 heavy (non-hydrogen) atoms. The average Bonchev–Trinajstić information content (AvgIpc) is 2.84. The van der Waals surface area contributed by atoms with Gasteiger partial charge in [0.15, 0.2) is 0 Å². The summed E-state index contributed by atoms with van der Waals surface area (Å²) in [6.07, 6.45) is 8.86. The van der Waals surface area contributed by atoms with Gasteiger partial charge in [-0.1, -0.05) is 25.0 Å². The maximum atomic E-state index is 2.64. The van der Waals surface area contributed by atoms with E-state index in [0.29, 0.717) is 0 Å². The van der Waals surface area contributed by atoms with E-state index in [2.05, 4.69) is 51.8 Å². The third-order valence-electron chi connectivity index (χ3n) is 4.90. The van der Waals surface area contributed by atoms with Crippen molar-refractivity contribution in [1.29, 1.82) is 0 Å². The normalized spacial score (nSPS) is 23.6. The Labute approximate surface area is 124 Å². The summed E-state index contributed by atoms with van der Waals surface area (Å²) >= 11 is 2.38. The lowest BCUT2D eigenvalue weighted by Gasteiger charge is -2.39. The van der Waals surface area contributed by atoms with Crippen LogP contribution in [0.4, 0.5) is 0 Å². The van der Waals surface area contributed by atoms with Gasteiger partial charge in [-0.05, 0) is 84.5 Å². The van der Waals surface area contributed by atoms with Crippen LogP contribution in [0.15, 0.2) is 24.3 Å². The van der Waals surface area contributed by atoms with Gasteiger partial charge in [-0.15, -0.1) is 0 Å². The lowest BCUT2D eigenvalue weighted by Crippen LogP contribution is -2.38. The summed E-state index contributed by atoms with van der Waals surface area (Å²) in [6.45, 7) is 3.77. The highest BCUT2D eigenvalue weighted by atomic mass is 127. The van der Waals surface area contributed by atoms with Crippen molar-refractivity contribution in [2.24, 2.45) is 5.41 Å². The smallest absolute Gasteiger partial charge is 0.0233 e. The van der Waals surface area contributed by atoms with Crippen molar-refractivity contribution in [3.63, 3.8) is 0 Å². The molecular formula is C16H22IN. The number of likely N-dealkylation sites (tertiary alicyclic amines) is 1. The fourth-order valence-electron chi connectivity index (χ4n) is 3.66. The highest BCUT2D eigenvalue weighted by Crippen LogP contribution is 2.46. The van der Waals surface area contributed by atoms with Gasteiger partial charge in [0.05, 0.1) is 0 Å². The molecule has 1 aromatic carbocycles. The van der Waals surface area contributed by atoms with Crippen LogP contribution in [0.1, 0.15) is 44.1 Å². The minimum absolute atomic E-state index is 0.753. The average molecular weight is 355 g/mol. The molecule has 0 unspecified atom stereocenters. The van der Waals surface area contributed by atoms with E-state index in [-0.39, 0.29) is 0 Å². The van der Waals surface area contributed by atoms with E-state index in [4.69, 9.17) is 0 Å². The molecule has 1 aromatic rings. The van der Waals surface area contributed by atoms with Gasteiger partial charge in [-0.2, -0.15) is 0 Å². The molecule has 2 fully saturated rings. The predicted molar refractivity (Wildman–Crippen MR) is 84.6 cm³/mol. The summed E-state index contributed by atoms with van der Waals surface area (Å²) in [5.41, 5.74) is 2.22. The van der Waals surface area contributed by atoms with Crippen molar-refractivity contribution < 1.29 is 0 Å². The summed E-state index contributed by atoms with van der Waals surface area (Å²) < 4.78 is 1.33. The van der Waals surface area contributed by atoms with Crippen LogP contribution in [0, 0.1) is 8.99 Å². The molecule has 1 saturated carbocycles. The molecule has 1 heterocycles. The summed E-state index contributed by atoms with van der Waals surface area (Å²) in [7, 11) is 0. The van der Waals surface area contributed by atoms with Gasteiger partial charge in [0, 0.05) is 10.1 Å². The molecule has 1 saturated heterocycles. The van der Waals surface area contributed by atoms with Crippen molar-refractivity contribution in [2.45, 2.75) is 45.1 Å². The summed E-state index contributed by atoms with van der Waals surface area (Å²) in [5.74, 6) is 0. The van der Waals surface area contributed by atoms with E-state index < -0.39 is 0 Å². The minimum atomic E-state index is 0.753. The largest absolute Gasteiger partial charge is 0.299 e. The Morgan fingerprint density at radius 1 is 0.944 bits per heavy atom. The molecule has 3 rings (SSSR count). The first-order valence-corrected chi connectivity index (χ1v) is 8.31. The molecular weight excluding hydrogens is 333 g/mol. The van der Waals surface area contributed by atoms with E-state index in [0.717, 1.165) is 12.0 Å². The zero-order valence-corrected chi connectivity index (χ0v) is 13.2. The predicted octanol–water partition coefficient (Wildman–Crippen LogP) is 4.45. The quantitative estimate of drug-likeness (QED) is 0.709. The topological polar surface area (TPSA) is 3.24 Å². The Kier molecular flexibility index (Phi) is 3.94. The lowest BCUT2D eigenvalue weighted by atomic mass is 9.77. The number of rotatable bonds is 2. The standard InChI is InChI=1S/C16H22IN/c17-15-5-3-14(4-6-15)13-18-11-9-16(10-12-18)7-1-2-8-16/h3-6H,1-2,7-13H2. The highest BCUT2D eigenvalue weighted by molar-refractivity contribution is 14.1. The first-order valence-electron chi connectivity index (χ1n) is 7.23. The molecule has 0 bridgehead atoms. The van der Waals surface area contributed by atoms with Crippen LogP contribution in [0.25, 0.3) is 0 Å². The molecule has 1 aliphatic carbocycles. The Balaban J connectivity index is 1.55. The van der Waals surface area contributed by atoms with Gasteiger partial charge in [0.25, 0.3) is 0 Å². The van der Waals surface area contributed by atoms with Crippen LogP contribution in [0.5, 0.6) is 0 Å². The van der Waals surface area contributed by atoms with Gasteiger partial charge in [0.1, 0.15) is 0 Å². The number of piperidine rings is 1. The molecule has 0 atom stereocenters. The second-order valence-corrected chi connectivity index (χ2v) is 7.36. The fraction of sp³-hybridized carbons (Fsp3) is 0.625. The summed E-state index contributed by atoms with van der Waals surface area (Å²) in [5, 5.41) is 0. The van der Waals surface area contributed by atoms with E-state index in [9.17, 15) is 0 Å². The minimum Gasteiger partial charge on any atom is -0.299 e. The zero-order valence-electron chi connectivity index (χ0n) is 11.0. The Morgan fingerprint density at radius 3 is 2.17 bits per heavy atom. The molecule has 0 N–H and O–H groups in total. The van der Waals surface area contributed by atoms with Crippen LogP contribution in [0.3, 0.4) is 0 Å². The van der Waals surface area contributed by atoms with Crippen molar-refractivity contribution in [3.8, 4) is 0 Å². The molecule has 2 aliphatic rings. The van der Waals surface area contributed by atoms with Crippen molar-refractivity contribution in [2.75, 3.05) is 13.1 Å². The van der Waals surface area contributed by atoms with Crippen molar-refractivity contribution in [1.82, 2.24) is 4.90 Å².